The van der Waals surface area contributed by atoms with Gasteiger partial charge in [-0.05, 0) is 42.6 Å². The maximum absolute atomic E-state index is 8.88. The highest BCUT2D eigenvalue weighted by Gasteiger charge is 2.08. The third-order valence-electron chi connectivity index (χ3n) is 5.68. The van der Waals surface area contributed by atoms with Crippen molar-refractivity contribution in [1.29, 1.82) is 5.26 Å². The molecule has 4 rings (SSSR count). The van der Waals surface area contributed by atoms with E-state index in [4.69, 9.17) is 26.6 Å². The van der Waals surface area contributed by atoms with Gasteiger partial charge in [0.2, 0.25) is 0 Å². The lowest BCUT2D eigenvalue weighted by atomic mass is 10.1. The topological polar surface area (TPSA) is 82.9 Å². The highest BCUT2D eigenvalue weighted by atomic mass is 35.5. The average molecular weight is 474 g/mol. The Balaban J connectivity index is 1.14. The van der Waals surface area contributed by atoms with Gasteiger partial charge >= 0.3 is 0 Å². The van der Waals surface area contributed by atoms with Crippen molar-refractivity contribution < 1.29 is 4.74 Å². The molecule has 2 N–H and O–H groups in total. The van der Waals surface area contributed by atoms with Gasteiger partial charge in [0.1, 0.15) is 5.82 Å². The molecule has 0 fully saturated rings. The molecule has 174 valence electrons. The van der Waals surface area contributed by atoms with Crippen LogP contribution >= 0.6 is 11.6 Å². The predicted molar refractivity (Wildman–Crippen MR) is 138 cm³/mol. The second-order valence-electron chi connectivity index (χ2n) is 8.05. The molecule has 2 heterocycles. The molecule has 0 atom stereocenters. The van der Waals surface area contributed by atoms with Crippen LogP contribution < -0.4 is 10.6 Å². The first kappa shape index (κ1) is 23.9. The van der Waals surface area contributed by atoms with Crippen molar-refractivity contribution in [3.8, 4) is 6.07 Å². The first-order chi connectivity index (χ1) is 16.8. The number of rotatable bonds is 12. The monoisotopic (exact) mass is 473 g/mol. The van der Waals surface area contributed by atoms with Crippen LogP contribution in [-0.2, 0) is 17.7 Å². The summed E-state index contributed by atoms with van der Waals surface area (Å²) in [7, 11) is 0. The summed E-state index contributed by atoms with van der Waals surface area (Å²) in [5.41, 5.74) is 2.87. The maximum Gasteiger partial charge on any atom is 0.134 e. The van der Waals surface area contributed by atoms with Gasteiger partial charge in [0.05, 0.1) is 24.6 Å². The number of pyridine rings is 2. The van der Waals surface area contributed by atoms with E-state index in [9.17, 15) is 0 Å². The minimum absolute atomic E-state index is 0.337. The zero-order chi connectivity index (χ0) is 23.6. The Kier molecular flexibility index (Phi) is 8.64. The van der Waals surface area contributed by atoms with E-state index in [1.165, 1.54) is 0 Å². The summed E-state index contributed by atoms with van der Waals surface area (Å²) in [4.78, 5) is 9.07. The Labute approximate surface area is 204 Å². The van der Waals surface area contributed by atoms with Crippen LogP contribution in [0.3, 0.4) is 0 Å². The number of anilines is 1. The summed E-state index contributed by atoms with van der Waals surface area (Å²) in [5, 5.41) is 19.7. The van der Waals surface area contributed by atoms with Crippen molar-refractivity contribution in [2.45, 2.75) is 25.8 Å². The quantitative estimate of drug-likeness (QED) is 0.209. The van der Waals surface area contributed by atoms with Crippen LogP contribution in [-0.4, -0.2) is 36.3 Å². The van der Waals surface area contributed by atoms with Gasteiger partial charge in [-0.1, -0.05) is 48.0 Å². The van der Waals surface area contributed by atoms with Gasteiger partial charge in [-0.2, -0.15) is 5.26 Å². The molecule has 0 aliphatic heterocycles. The highest BCUT2D eigenvalue weighted by Crippen LogP contribution is 2.28. The van der Waals surface area contributed by atoms with Crippen molar-refractivity contribution in [2.24, 2.45) is 0 Å². The van der Waals surface area contributed by atoms with E-state index in [1.54, 1.807) is 6.20 Å². The molecule has 2 aromatic carbocycles. The molecular formula is C27H28ClN5O. The smallest absolute Gasteiger partial charge is 0.134 e. The predicted octanol–water partition coefficient (Wildman–Crippen LogP) is 5.50. The summed E-state index contributed by atoms with van der Waals surface area (Å²) in [6.07, 6.45) is 6.03. The summed E-state index contributed by atoms with van der Waals surface area (Å²) >= 11 is 6.38. The lowest BCUT2D eigenvalue weighted by Gasteiger charge is -2.12. The normalized spacial score (nSPS) is 11.1. The van der Waals surface area contributed by atoms with Gasteiger partial charge in [0.15, 0.2) is 0 Å². The fourth-order valence-corrected chi connectivity index (χ4v) is 4.20. The van der Waals surface area contributed by atoms with Crippen LogP contribution in [0, 0.1) is 11.3 Å². The zero-order valence-corrected chi connectivity index (χ0v) is 19.8. The van der Waals surface area contributed by atoms with Crippen molar-refractivity contribution in [2.75, 3.05) is 31.6 Å². The summed E-state index contributed by atoms with van der Waals surface area (Å²) in [6.45, 7) is 3.62. The second-order valence-corrected chi connectivity index (χ2v) is 8.42. The molecule has 34 heavy (non-hydrogen) atoms. The Hall–Kier alpha value is -3.24. The SMILES string of the molecule is N#CCc1cccc(CNCCCCOCCNc2nc3ccccc3c3cnccc23)c1Cl. The van der Waals surface area contributed by atoms with Crippen molar-refractivity contribution in [3.63, 3.8) is 0 Å². The number of ether oxygens (including phenoxy) is 1. The highest BCUT2D eigenvalue weighted by molar-refractivity contribution is 6.32. The van der Waals surface area contributed by atoms with Crippen molar-refractivity contribution in [1.82, 2.24) is 15.3 Å². The number of halogens is 1. The third-order valence-corrected chi connectivity index (χ3v) is 6.16. The summed E-state index contributed by atoms with van der Waals surface area (Å²) in [6, 6.07) is 18.1. The number of unbranched alkanes of at least 4 members (excludes halogenated alkanes) is 1. The first-order valence-corrected chi connectivity index (χ1v) is 11.9. The molecule has 0 unspecified atom stereocenters. The molecule has 0 saturated heterocycles. The number of para-hydroxylation sites is 1. The largest absolute Gasteiger partial charge is 0.380 e. The fourth-order valence-electron chi connectivity index (χ4n) is 3.94. The minimum Gasteiger partial charge on any atom is -0.380 e. The number of fused-ring (bicyclic) bond motifs is 3. The molecule has 2 aromatic heterocycles. The molecular weight excluding hydrogens is 446 g/mol. The van der Waals surface area contributed by atoms with Crippen LogP contribution in [0.2, 0.25) is 5.02 Å². The molecule has 0 amide bonds. The molecule has 7 heteroatoms. The van der Waals surface area contributed by atoms with Gasteiger partial charge < -0.3 is 15.4 Å². The Morgan fingerprint density at radius 1 is 0.912 bits per heavy atom. The fraction of sp³-hybridized carbons (Fsp3) is 0.296. The van der Waals surface area contributed by atoms with Gasteiger partial charge in [0.25, 0.3) is 0 Å². The van der Waals surface area contributed by atoms with E-state index in [-0.39, 0.29) is 0 Å². The number of nitrogens with zero attached hydrogens (tertiary/aromatic N) is 3. The van der Waals surface area contributed by atoms with Gasteiger partial charge in [-0.25, -0.2) is 4.98 Å². The number of nitriles is 1. The number of hydrogen-bond donors (Lipinski definition) is 2. The van der Waals surface area contributed by atoms with E-state index in [1.807, 2.05) is 48.7 Å². The number of aromatic nitrogens is 2. The summed E-state index contributed by atoms with van der Waals surface area (Å²) < 4.78 is 5.80. The molecule has 0 spiro atoms. The van der Waals surface area contributed by atoms with Gasteiger partial charge in [-0.3, -0.25) is 4.98 Å². The lowest BCUT2D eigenvalue weighted by Crippen LogP contribution is -2.16. The Bertz CT molecular complexity index is 1290. The van der Waals surface area contributed by atoms with Crippen LogP contribution in [0.5, 0.6) is 0 Å². The molecule has 0 aliphatic carbocycles. The molecule has 6 nitrogen and oxygen atoms in total. The van der Waals surface area contributed by atoms with Crippen LogP contribution in [0.15, 0.2) is 60.9 Å². The van der Waals surface area contributed by atoms with Crippen molar-refractivity contribution >= 4 is 39.1 Å². The summed E-state index contributed by atoms with van der Waals surface area (Å²) in [5.74, 6) is 0.862. The minimum atomic E-state index is 0.337. The van der Waals surface area contributed by atoms with Gasteiger partial charge in [0, 0.05) is 53.3 Å². The van der Waals surface area contributed by atoms with E-state index < -0.39 is 0 Å². The van der Waals surface area contributed by atoms with E-state index in [0.29, 0.717) is 31.1 Å². The maximum atomic E-state index is 8.88. The first-order valence-electron chi connectivity index (χ1n) is 11.6. The number of nitrogens with one attached hydrogen (secondary N) is 2. The van der Waals surface area contributed by atoms with Crippen LogP contribution in [0.4, 0.5) is 5.82 Å². The average Bonchev–Trinajstić information content (AvgIpc) is 2.87. The molecule has 0 aliphatic rings. The standard InChI is InChI=1S/C27H28ClN5O/c28-26-20(10-12-29)6-5-7-21(26)18-30-13-3-4-16-34-17-15-32-27-23-11-14-31-19-24(23)22-8-1-2-9-25(22)33-27/h1-2,5-9,11,14,19,30H,3-4,10,13,15-18H2,(H,32,33). The number of benzene rings is 2. The lowest BCUT2D eigenvalue weighted by molar-refractivity contribution is 0.140. The van der Waals surface area contributed by atoms with Gasteiger partial charge in [-0.15, -0.1) is 0 Å². The van der Waals surface area contributed by atoms with Crippen molar-refractivity contribution in [3.05, 3.63) is 77.1 Å². The van der Waals surface area contributed by atoms with Crippen LogP contribution in [0.25, 0.3) is 21.7 Å². The van der Waals surface area contributed by atoms with Crippen LogP contribution in [0.1, 0.15) is 24.0 Å². The van der Waals surface area contributed by atoms with E-state index in [0.717, 1.165) is 64.6 Å². The molecule has 0 saturated carbocycles. The third kappa shape index (κ3) is 6.00. The molecule has 0 bridgehead atoms. The Morgan fingerprint density at radius 2 is 1.79 bits per heavy atom. The zero-order valence-electron chi connectivity index (χ0n) is 19.1. The molecule has 0 radical (unpaired) electrons. The van der Waals surface area contributed by atoms with E-state index in [2.05, 4.69) is 27.8 Å². The van der Waals surface area contributed by atoms with E-state index >= 15 is 0 Å². The molecule has 4 aromatic rings. The second kappa shape index (κ2) is 12.3. The number of hydrogen-bond acceptors (Lipinski definition) is 6. The Morgan fingerprint density at radius 3 is 2.71 bits per heavy atom.